The number of esters is 1. The first kappa shape index (κ1) is 55.5. The zero-order chi connectivity index (χ0) is 54.3. The molecule has 0 spiro atoms. The molecule has 4 aliphatic heterocycles. The summed E-state index contributed by atoms with van der Waals surface area (Å²) in [5.74, 6) is -4.20. The lowest BCUT2D eigenvalue weighted by Gasteiger charge is -2.47. The number of benzene rings is 3. The Kier molecular flexibility index (Phi) is 16.9. The smallest absolute Gasteiger partial charge is 0.331 e. The van der Waals surface area contributed by atoms with Crippen molar-refractivity contribution in [2.45, 2.75) is 144 Å². The second kappa shape index (κ2) is 22.8. The maximum absolute atomic E-state index is 15.0. The zero-order valence-electron chi connectivity index (χ0n) is 40.2. The summed E-state index contributed by atoms with van der Waals surface area (Å²) in [6.45, 7) is 3.30. The van der Waals surface area contributed by atoms with Crippen molar-refractivity contribution < 1.29 is 123 Å². The number of fused-ring (bicyclic) bond motifs is 1. The van der Waals surface area contributed by atoms with Gasteiger partial charge in [0.05, 0.1) is 32.0 Å². The second-order valence-electron chi connectivity index (χ2n) is 18.4. The summed E-state index contributed by atoms with van der Waals surface area (Å²) >= 11 is 0. The largest absolute Gasteiger partial charge is 0.508 e. The number of rotatable bonds is 14. The third kappa shape index (κ3) is 11.5. The number of phenolic OH excluding ortho intramolecular Hbond substituents is 3. The van der Waals surface area contributed by atoms with Crippen LogP contribution in [0.1, 0.15) is 26.3 Å². The Balaban J connectivity index is 1.24. The predicted octanol–water partition coefficient (Wildman–Crippen LogP) is -2.06. The highest BCUT2D eigenvalue weighted by Crippen LogP contribution is 2.42. The van der Waals surface area contributed by atoms with Crippen molar-refractivity contribution in [3.8, 4) is 45.8 Å². The predicted molar refractivity (Wildman–Crippen MR) is 249 cm³/mol. The highest BCUT2D eigenvalue weighted by Gasteiger charge is 2.54. The van der Waals surface area contributed by atoms with E-state index in [9.17, 15) is 71.2 Å². The Hall–Kier alpha value is -5.76. The molecule has 1 aromatic heterocycles. The van der Waals surface area contributed by atoms with E-state index in [0.29, 0.717) is 5.56 Å². The summed E-state index contributed by atoms with van der Waals surface area (Å²) in [5, 5.41) is 139. The van der Waals surface area contributed by atoms with Gasteiger partial charge in [-0.25, -0.2) is 4.79 Å². The maximum atomic E-state index is 15.0. The molecule has 0 aliphatic carbocycles. The summed E-state index contributed by atoms with van der Waals surface area (Å²) in [5.41, 5.74) is -1.24. The number of carbonyl (C=O) groups is 1. The molecule has 0 amide bonds. The molecule has 410 valence electrons. The number of hydrogen-bond donors (Lipinski definition) is 13. The van der Waals surface area contributed by atoms with E-state index in [0.717, 1.165) is 24.3 Å². The molecule has 20 atom stereocenters. The summed E-state index contributed by atoms with van der Waals surface area (Å²) in [7, 11) is 1.22. The van der Waals surface area contributed by atoms with Gasteiger partial charge in [0, 0.05) is 23.8 Å². The fourth-order valence-electron chi connectivity index (χ4n) is 8.75. The Morgan fingerprint density at radius 3 is 1.83 bits per heavy atom. The van der Waals surface area contributed by atoms with E-state index < -0.39 is 169 Å². The molecular formula is C49H58O26. The van der Waals surface area contributed by atoms with Crippen LogP contribution in [0.3, 0.4) is 0 Å². The van der Waals surface area contributed by atoms with Crippen molar-refractivity contribution in [3.63, 3.8) is 0 Å². The van der Waals surface area contributed by atoms with Crippen LogP contribution in [0, 0.1) is 0 Å². The van der Waals surface area contributed by atoms with E-state index in [1.165, 1.54) is 70.4 Å². The Morgan fingerprint density at radius 2 is 1.20 bits per heavy atom. The quantitative estimate of drug-likeness (QED) is 0.0477. The molecule has 26 nitrogen and oxygen atoms in total. The zero-order valence-corrected chi connectivity index (χ0v) is 40.2. The highest BCUT2D eigenvalue weighted by atomic mass is 16.8. The number of ether oxygens (including phenoxy) is 10. The van der Waals surface area contributed by atoms with Crippen LogP contribution in [-0.4, -0.2) is 209 Å². The van der Waals surface area contributed by atoms with Gasteiger partial charge in [0.2, 0.25) is 23.8 Å². The number of carbonyl (C=O) groups excluding carboxylic acids is 1. The molecule has 0 saturated carbocycles. The Bertz CT molecular complexity index is 2720. The lowest BCUT2D eigenvalue weighted by molar-refractivity contribution is -0.360. The lowest BCUT2D eigenvalue weighted by atomic mass is 9.97. The summed E-state index contributed by atoms with van der Waals surface area (Å²) in [4.78, 5) is 28.8. The average molecular weight is 1060 g/mol. The van der Waals surface area contributed by atoms with Gasteiger partial charge in [0.25, 0.3) is 0 Å². The first-order valence-electron chi connectivity index (χ1n) is 23.5. The molecule has 8 rings (SSSR count). The normalized spacial score (nSPS) is 36.3. The van der Waals surface area contributed by atoms with Gasteiger partial charge in [-0.15, -0.1) is 0 Å². The van der Waals surface area contributed by atoms with Crippen molar-refractivity contribution in [2.75, 3.05) is 13.7 Å². The van der Waals surface area contributed by atoms with Gasteiger partial charge in [-0.3, -0.25) is 4.79 Å². The maximum Gasteiger partial charge on any atom is 0.331 e. The lowest BCUT2D eigenvalue weighted by Crippen LogP contribution is -2.66. The number of hydrogen-bond acceptors (Lipinski definition) is 26. The van der Waals surface area contributed by atoms with Crippen LogP contribution < -0.4 is 19.6 Å². The molecule has 4 aliphatic rings. The molecule has 0 radical (unpaired) electrons. The van der Waals surface area contributed by atoms with Crippen LogP contribution in [0.25, 0.3) is 28.4 Å². The SMILES string of the molecule is COc1cc(-c2oc3cc(OC4OC(C)C(O)C(O)C4O)cc(O)c3c(=O)c2OC2OC(COC3OC(C)C(O)C(O)C3O)C(O)C(OC(=O)C=Cc3ccc(O)cc3)C2OC2OC(C)C(O)C(O)C2O)ccc1O. The monoisotopic (exact) mass is 1060 g/mol. The van der Waals surface area contributed by atoms with Gasteiger partial charge >= 0.3 is 5.97 Å². The Morgan fingerprint density at radius 1 is 0.613 bits per heavy atom. The third-order valence-electron chi connectivity index (χ3n) is 13.2. The van der Waals surface area contributed by atoms with Gasteiger partial charge in [-0.05, 0) is 62.7 Å². The Labute approximate surface area is 424 Å². The summed E-state index contributed by atoms with van der Waals surface area (Å²) in [6.07, 6.45) is -32.2. The summed E-state index contributed by atoms with van der Waals surface area (Å²) in [6, 6.07) is 11.3. The van der Waals surface area contributed by atoms with E-state index in [-0.39, 0.29) is 28.6 Å². The molecule has 5 heterocycles. The number of aromatic hydroxyl groups is 3. The van der Waals surface area contributed by atoms with Gasteiger partial charge in [0.1, 0.15) is 95.4 Å². The first-order chi connectivity index (χ1) is 35.6. The van der Waals surface area contributed by atoms with E-state index in [1.807, 2.05) is 0 Å². The van der Waals surface area contributed by atoms with E-state index >= 15 is 4.79 Å². The minimum Gasteiger partial charge on any atom is -0.508 e. The standard InChI is InChI=1S/C49H58O26/c1-17-31(54)36(59)39(62)46(67-17)66-16-28-34(57)43(73-29(53)12-7-20-5-9-22(50)10-6-20)45(75-48-41(64)38(61)33(56)19(3)69-48)49(72-28)74-44-35(58)30-25(52)14-23(70-47-40(63)37(60)32(55)18(2)68-47)15-27(30)71-42(44)21-8-11-24(51)26(13-21)65-4/h5-15,17-19,28,31-34,36-41,43,45-52,54-57,59-64H,16H2,1-4H3. The van der Waals surface area contributed by atoms with Crippen LogP contribution in [0.4, 0.5) is 0 Å². The van der Waals surface area contributed by atoms with Crippen LogP contribution in [-0.2, 0) is 38.0 Å². The van der Waals surface area contributed by atoms with Crippen LogP contribution in [0.15, 0.2) is 69.9 Å². The van der Waals surface area contributed by atoms with Crippen molar-refractivity contribution in [3.05, 3.63) is 76.5 Å². The van der Waals surface area contributed by atoms with Gasteiger partial charge in [-0.2, -0.15) is 0 Å². The van der Waals surface area contributed by atoms with E-state index in [2.05, 4.69) is 0 Å². The molecule has 20 unspecified atom stereocenters. The minimum absolute atomic E-state index is 0.0627. The average Bonchev–Trinajstić information content (AvgIpc) is 3.38. The molecule has 75 heavy (non-hydrogen) atoms. The minimum atomic E-state index is -2.17. The topological polar surface area (TPSA) is 403 Å². The second-order valence-corrected chi connectivity index (χ2v) is 18.4. The molecule has 4 saturated heterocycles. The molecule has 4 aromatic rings. The molecule has 0 bridgehead atoms. The van der Waals surface area contributed by atoms with Gasteiger partial charge < -0.3 is 118 Å². The van der Waals surface area contributed by atoms with Crippen LogP contribution in [0.2, 0.25) is 0 Å². The van der Waals surface area contributed by atoms with Crippen molar-refractivity contribution in [2.24, 2.45) is 0 Å². The van der Waals surface area contributed by atoms with E-state index in [1.54, 1.807) is 0 Å². The highest BCUT2D eigenvalue weighted by molar-refractivity contribution is 5.89. The number of methoxy groups -OCH3 is 1. The van der Waals surface area contributed by atoms with Crippen molar-refractivity contribution >= 4 is 23.0 Å². The fraction of sp³-hybridized carbons (Fsp3) is 0.510. The number of aliphatic hydroxyl groups excluding tert-OH is 10. The van der Waals surface area contributed by atoms with Crippen LogP contribution in [0.5, 0.6) is 34.5 Å². The molecule has 3 aromatic carbocycles. The fourth-order valence-corrected chi connectivity index (χ4v) is 8.75. The van der Waals surface area contributed by atoms with E-state index in [4.69, 9.17) is 51.8 Å². The first-order valence-corrected chi connectivity index (χ1v) is 23.5. The van der Waals surface area contributed by atoms with Crippen molar-refractivity contribution in [1.29, 1.82) is 0 Å². The number of aliphatic hydroxyl groups is 10. The van der Waals surface area contributed by atoms with Gasteiger partial charge in [-0.1, -0.05) is 12.1 Å². The molecule has 13 N–H and O–H groups in total. The number of phenols is 3. The molecule has 4 fully saturated rings. The van der Waals surface area contributed by atoms with Gasteiger partial charge in [0.15, 0.2) is 42.0 Å². The van der Waals surface area contributed by atoms with Crippen LogP contribution >= 0.6 is 0 Å². The molecular weight excluding hydrogens is 1000 g/mol. The molecule has 26 heteroatoms. The summed E-state index contributed by atoms with van der Waals surface area (Å²) < 4.78 is 64.6. The third-order valence-corrected chi connectivity index (χ3v) is 13.2. The van der Waals surface area contributed by atoms with Crippen molar-refractivity contribution in [1.82, 2.24) is 0 Å².